The van der Waals surface area contributed by atoms with Crippen LogP contribution in [0.1, 0.15) is 18.0 Å². The second-order valence-electron chi connectivity index (χ2n) is 4.89. The lowest BCUT2D eigenvalue weighted by molar-refractivity contribution is 0.446. The van der Waals surface area contributed by atoms with Crippen molar-refractivity contribution in [3.05, 3.63) is 54.6 Å². The molecular formula is C15H12N6O2S. The number of para-hydroxylation sites is 1. The molecule has 0 N–H and O–H groups in total. The van der Waals surface area contributed by atoms with Crippen LogP contribution in [0.4, 0.5) is 0 Å². The molecule has 0 saturated heterocycles. The van der Waals surface area contributed by atoms with Gasteiger partial charge in [0.1, 0.15) is 0 Å². The average Bonchev–Trinajstić information content (AvgIpc) is 3.36. The van der Waals surface area contributed by atoms with Crippen LogP contribution >= 0.6 is 11.8 Å². The maximum atomic E-state index is 5.61. The molecule has 3 heterocycles. The molecule has 8 nitrogen and oxygen atoms in total. The summed E-state index contributed by atoms with van der Waals surface area (Å²) < 4.78 is 12.6. The molecule has 0 aliphatic rings. The average molecular weight is 340 g/mol. The molecule has 0 radical (unpaired) electrons. The van der Waals surface area contributed by atoms with Crippen molar-refractivity contribution in [1.29, 1.82) is 0 Å². The summed E-state index contributed by atoms with van der Waals surface area (Å²) in [5.74, 6) is 1.58. The van der Waals surface area contributed by atoms with Gasteiger partial charge in [0.05, 0.1) is 17.2 Å². The molecule has 3 aromatic heterocycles. The van der Waals surface area contributed by atoms with Crippen molar-refractivity contribution in [2.45, 2.75) is 17.4 Å². The molecule has 24 heavy (non-hydrogen) atoms. The number of rotatable bonds is 5. The van der Waals surface area contributed by atoms with E-state index in [0.717, 1.165) is 5.69 Å². The molecule has 0 aliphatic heterocycles. The first-order valence-electron chi connectivity index (χ1n) is 7.19. The number of hydrogen-bond acceptors (Lipinski definition) is 8. The molecule has 1 unspecified atom stereocenters. The van der Waals surface area contributed by atoms with Gasteiger partial charge in [-0.15, -0.1) is 15.3 Å². The van der Waals surface area contributed by atoms with Gasteiger partial charge in [-0.2, -0.15) is 4.68 Å². The number of aromatic nitrogens is 6. The van der Waals surface area contributed by atoms with Gasteiger partial charge >= 0.3 is 0 Å². The predicted molar refractivity (Wildman–Crippen MR) is 85.4 cm³/mol. The number of hydrogen-bond donors (Lipinski definition) is 0. The fourth-order valence-electron chi connectivity index (χ4n) is 2.16. The Kier molecular flexibility index (Phi) is 3.83. The van der Waals surface area contributed by atoms with Crippen molar-refractivity contribution >= 4 is 11.8 Å². The minimum absolute atomic E-state index is 0.0786. The molecular weight excluding hydrogens is 328 g/mol. The van der Waals surface area contributed by atoms with Crippen molar-refractivity contribution in [3.63, 3.8) is 0 Å². The first-order chi connectivity index (χ1) is 11.8. The Hall–Kier alpha value is -2.94. The fourth-order valence-corrected chi connectivity index (χ4v) is 2.93. The topological polar surface area (TPSA) is 95.7 Å². The Morgan fingerprint density at radius 1 is 1.04 bits per heavy atom. The summed E-state index contributed by atoms with van der Waals surface area (Å²) in [6, 6.07) is 13.2. The van der Waals surface area contributed by atoms with Crippen molar-refractivity contribution in [3.8, 4) is 17.3 Å². The molecule has 4 aromatic rings. The Balaban J connectivity index is 1.55. The molecule has 0 spiro atoms. The summed E-state index contributed by atoms with van der Waals surface area (Å²) in [4.78, 5) is 0. The summed E-state index contributed by atoms with van der Waals surface area (Å²) >= 11 is 1.38. The van der Waals surface area contributed by atoms with E-state index in [2.05, 4.69) is 25.7 Å². The highest BCUT2D eigenvalue weighted by atomic mass is 32.2. The Morgan fingerprint density at radius 3 is 2.71 bits per heavy atom. The molecule has 9 heteroatoms. The van der Waals surface area contributed by atoms with Crippen LogP contribution < -0.4 is 0 Å². The smallest absolute Gasteiger partial charge is 0.284 e. The molecule has 0 bridgehead atoms. The van der Waals surface area contributed by atoms with Crippen LogP contribution in [-0.4, -0.2) is 30.4 Å². The summed E-state index contributed by atoms with van der Waals surface area (Å²) in [5.41, 5.74) is 0.895. The molecule has 0 amide bonds. The third-order valence-corrected chi connectivity index (χ3v) is 4.21. The number of thioether (sulfide) groups is 1. The number of benzene rings is 1. The summed E-state index contributed by atoms with van der Waals surface area (Å²) in [7, 11) is 0. The highest BCUT2D eigenvalue weighted by Crippen LogP contribution is 2.34. The van der Waals surface area contributed by atoms with E-state index < -0.39 is 0 Å². The molecule has 120 valence electrons. The summed E-state index contributed by atoms with van der Waals surface area (Å²) in [6.07, 6.45) is 1.56. The Morgan fingerprint density at radius 2 is 1.92 bits per heavy atom. The maximum absolute atomic E-state index is 5.61. The van der Waals surface area contributed by atoms with E-state index in [1.165, 1.54) is 11.8 Å². The Bertz CT molecular complexity index is 919. The zero-order chi connectivity index (χ0) is 16.4. The minimum Gasteiger partial charge on any atom is -0.459 e. The van der Waals surface area contributed by atoms with E-state index in [0.29, 0.717) is 22.7 Å². The first kappa shape index (κ1) is 14.6. The Labute approximate surface area is 140 Å². The second-order valence-corrected chi connectivity index (χ2v) is 6.19. The highest BCUT2D eigenvalue weighted by molar-refractivity contribution is 7.99. The van der Waals surface area contributed by atoms with Gasteiger partial charge in [0, 0.05) is 0 Å². The molecule has 0 aliphatic carbocycles. The molecule has 4 rings (SSSR count). The van der Waals surface area contributed by atoms with Crippen molar-refractivity contribution in [2.24, 2.45) is 0 Å². The zero-order valence-corrected chi connectivity index (χ0v) is 13.4. The van der Waals surface area contributed by atoms with E-state index in [1.54, 1.807) is 23.1 Å². The van der Waals surface area contributed by atoms with Crippen LogP contribution in [0, 0.1) is 0 Å². The van der Waals surface area contributed by atoms with Gasteiger partial charge in [-0.3, -0.25) is 0 Å². The molecule has 0 saturated carbocycles. The van der Waals surface area contributed by atoms with Crippen LogP contribution in [0.15, 0.2) is 62.8 Å². The van der Waals surface area contributed by atoms with Gasteiger partial charge in [-0.1, -0.05) is 30.0 Å². The standard InChI is InChI=1S/C15H12N6O2S/c1-10(13-16-19-20-21(13)11-6-3-2-4-7-11)24-15-18-17-14(23-15)12-8-5-9-22-12/h2-10H,1H3. The normalized spacial score (nSPS) is 12.4. The molecule has 1 atom stereocenters. The van der Waals surface area contributed by atoms with Crippen LogP contribution in [0.2, 0.25) is 0 Å². The van der Waals surface area contributed by atoms with Crippen LogP contribution in [0.5, 0.6) is 0 Å². The number of furan rings is 1. The fraction of sp³-hybridized carbons (Fsp3) is 0.133. The van der Waals surface area contributed by atoms with E-state index in [1.807, 2.05) is 37.3 Å². The SMILES string of the molecule is CC(Sc1nnc(-c2ccco2)o1)c1nnnn1-c1ccccc1. The maximum Gasteiger partial charge on any atom is 0.284 e. The van der Waals surface area contributed by atoms with Crippen molar-refractivity contribution in [1.82, 2.24) is 30.4 Å². The lowest BCUT2D eigenvalue weighted by atomic mass is 10.3. The highest BCUT2D eigenvalue weighted by Gasteiger charge is 2.20. The van der Waals surface area contributed by atoms with Crippen LogP contribution in [0.25, 0.3) is 17.3 Å². The van der Waals surface area contributed by atoms with Gasteiger partial charge in [-0.05, 0) is 41.6 Å². The molecule has 0 fully saturated rings. The third-order valence-electron chi connectivity index (χ3n) is 3.27. The first-order valence-corrected chi connectivity index (χ1v) is 8.07. The van der Waals surface area contributed by atoms with E-state index >= 15 is 0 Å². The van der Waals surface area contributed by atoms with Crippen LogP contribution in [-0.2, 0) is 0 Å². The van der Waals surface area contributed by atoms with Gasteiger partial charge < -0.3 is 8.83 Å². The lowest BCUT2D eigenvalue weighted by Crippen LogP contribution is -2.04. The van der Waals surface area contributed by atoms with Gasteiger partial charge in [0.2, 0.25) is 0 Å². The minimum atomic E-state index is -0.0786. The summed E-state index contributed by atoms with van der Waals surface area (Å²) in [6.45, 7) is 1.98. The second kappa shape index (κ2) is 6.28. The van der Waals surface area contributed by atoms with Crippen molar-refractivity contribution < 1.29 is 8.83 Å². The van der Waals surface area contributed by atoms with Crippen molar-refractivity contribution in [2.75, 3.05) is 0 Å². The largest absolute Gasteiger partial charge is 0.459 e. The van der Waals surface area contributed by atoms with Gasteiger partial charge in [-0.25, -0.2) is 0 Å². The monoisotopic (exact) mass is 340 g/mol. The third kappa shape index (κ3) is 2.81. The quantitative estimate of drug-likeness (QED) is 0.511. The zero-order valence-electron chi connectivity index (χ0n) is 12.6. The number of tetrazole rings is 1. The van der Waals surface area contributed by atoms with E-state index in [4.69, 9.17) is 8.83 Å². The van der Waals surface area contributed by atoms with E-state index in [-0.39, 0.29) is 5.25 Å². The summed E-state index contributed by atoms with van der Waals surface area (Å²) in [5, 5.41) is 20.3. The van der Waals surface area contributed by atoms with Gasteiger partial charge in [0.25, 0.3) is 11.1 Å². The van der Waals surface area contributed by atoms with E-state index in [9.17, 15) is 0 Å². The van der Waals surface area contributed by atoms with Gasteiger partial charge in [0.15, 0.2) is 11.6 Å². The lowest BCUT2D eigenvalue weighted by Gasteiger charge is -2.08. The number of nitrogens with zero attached hydrogens (tertiary/aromatic N) is 6. The predicted octanol–water partition coefficient (Wildman–Crippen LogP) is 3.16. The molecule has 1 aromatic carbocycles. The van der Waals surface area contributed by atoms with Crippen LogP contribution in [0.3, 0.4) is 0 Å².